The van der Waals surface area contributed by atoms with Crippen LogP contribution in [0.1, 0.15) is 11.1 Å². The number of alkyl halides is 3. The van der Waals surface area contributed by atoms with Crippen molar-refractivity contribution in [1.29, 1.82) is 0 Å². The van der Waals surface area contributed by atoms with Gasteiger partial charge in [-0.05, 0) is 12.1 Å². The quantitative estimate of drug-likeness (QED) is 0.803. The molecule has 78 valence electrons. The van der Waals surface area contributed by atoms with Gasteiger partial charge in [0.15, 0.2) is 0 Å². The molecule has 1 aromatic rings. The Balaban J connectivity index is 3.29. The Morgan fingerprint density at radius 3 is 2.43 bits per heavy atom. The fraction of sp³-hybridized carbons (Fsp3) is 0.333. The first kappa shape index (κ1) is 10.8. The van der Waals surface area contributed by atoms with Crippen LogP contribution >= 0.6 is 0 Å². The topological polar surface area (TPSA) is 35.2 Å². The van der Waals surface area contributed by atoms with Crippen LogP contribution in [0.15, 0.2) is 18.2 Å². The molecule has 1 rings (SSSR count). The normalized spacial score (nSPS) is 11.5. The molecule has 0 unspecified atom stereocenters. The fourth-order valence-corrected chi connectivity index (χ4v) is 1.23. The summed E-state index contributed by atoms with van der Waals surface area (Å²) in [4.78, 5) is 0. The molecule has 14 heavy (non-hydrogen) atoms. The molecule has 0 amide bonds. The minimum absolute atomic E-state index is 0.0116. The lowest BCUT2D eigenvalue weighted by molar-refractivity contribution is -0.138. The lowest BCUT2D eigenvalue weighted by atomic mass is 10.1. The van der Waals surface area contributed by atoms with Gasteiger partial charge in [0.1, 0.15) is 5.75 Å². The van der Waals surface area contributed by atoms with Crippen LogP contribution < -0.4 is 10.5 Å². The molecule has 0 heterocycles. The summed E-state index contributed by atoms with van der Waals surface area (Å²) in [5.74, 6) is 0.169. The van der Waals surface area contributed by atoms with Crippen LogP contribution in [-0.2, 0) is 12.7 Å². The molecule has 0 bridgehead atoms. The summed E-state index contributed by atoms with van der Waals surface area (Å²) >= 11 is 0. The molecule has 0 spiro atoms. The van der Waals surface area contributed by atoms with Crippen molar-refractivity contribution in [3.8, 4) is 5.75 Å². The van der Waals surface area contributed by atoms with E-state index >= 15 is 0 Å². The van der Waals surface area contributed by atoms with Gasteiger partial charge < -0.3 is 10.5 Å². The predicted molar refractivity (Wildman–Crippen MR) is 45.9 cm³/mol. The standard InChI is InChI=1S/C9H10F3NO/c1-14-8-4-2-3-7(6(8)5-13)9(10,11)12/h2-4H,5,13H2,1H3. The van der Waals surface area contributed by atoms with Gasteiger partial charge >= 0.3 is 6.18 Å². The van der Waals surface area contributed by atoms with Crippen molar-refractivity contribution in [1.82, 2.24) is 0 Å². The molecule has 0 aromatic heterocycles. The predicted octanol–water partition coefficient (Wildman–Crippen LogP) is 2.17. The molecule has 0 aliphatic heterocycles. The molecule has 1 aromatic carbocycles. The second kappa shape index (κ2) is 3.88. The summed E-state index contributed by atoms with van der Waals surface area (Å²) in [7, 11) is 1.31. The van der Waals surface area contributed by atoms with Crippen molar-refractivity contribution in [2.45, 2.75) is 12.7 Å². The summed E-state index contributed by atoms with van der Waals surface area (Å²) in [5, 5.41) is 0. The smallest absolute Gasteiger partial charge is 0.416 e. The maximum atomic E-state index is 12.4. The number of hydrogen-bond acceptors (Lipinski definition) is 2. The zero-order valence-corrected chi connectivity index (χ0v) is 7.56. The largest absolute Gasteiger partial charge is 0.496 e. The van der Waals surface area contributed by atoms with Crippen molar-refractivity contribution in [3.63, 3.8) is 0 Å². The van der Waals surface area contributed by atoms with Crippen LogP contribution in [0.3, 0.4) is 0 Å². The first-order chi connectivity index (χ1) is 6.50. The maximum absolute atomic E-state index is 12.4. The van der Waals surface area contributed by atoms with Crippen LogP contribution in [0.25, 0.3) is 0 Å². The number of hydrogen-bond donors (Lipinski definition) is 1. The minimum atomic E-state index is -4.39. The van der Waals surface area contributed by atoms with Gasteiger partial charge in [0.2, 0.25) is 0 Å². The van der Waals surface area contributed by atoms with E-state index in [-0.39, 0.29) is 17.9 Å². The van der Waals surface area contributed by atoms with E-state index in [4.69, 9.17) is 10.5 Å². The van der Waals surface area contributed by atoms with Gasteiger partial charge in [-0.1, -0.05) is 6.07 Å². The van der Waals surface area contributed by atoms with Crippen LogP contribution in [0.5, 0.6) is 5.75 Å². The van der Waals surface area contributed by atoms with E-state index in [2.05, 4.69) is 0 Å². The molecule has 0 aliphatic rings. The molecule has 0 aliphatic carbocycles. The lowest BCUT2D eigenvalue weighted by Gasteiger charge is -2.14. The highest BCUT2D eigenvalue weighted by atomic mass is 19.4. The van der Waals surface area contributed by atoms with Gasteiger partial charge in [-0.15, -0.1) is 0 Å². The van der Waals surface area contributed by atoms with Crippen molar-refractivity contribution >= 4 is 0 Å². The van der Waals surface area contributed by atoms with Crippen LogP contribution in [0.4, 0.5) is 13.2 Å². The number of rotatable bonds is 2. The Bertz CT molecular complexity index is 322. The number of benzene rings is 1. The average Bonchev–Trinajstić information content (AvgIpc) is 2.15. The molecular weight excluding hydrogens is 195 g/mol. The minimum Gasteiger partial charge on any atom is -0.496 e. The van der Waals surface area contributed by atoms with Gasteiger partial charge in [0, 0.05) is 12.1 Å². The Labute approximate surface area is 79.5 Å². The van der Waals surface area contributed by atoms with Gasteiger partial charge in [-0.2, -0.15) is 13.2 Å². The molecule has 0 radical (unpaired) electrons. The third kappa shape index (κ3) is 1.98. The molecular formula is C9H10F3NO. The van der Waals surface area contributed by atoms with E-state index < -0.39 is 11.7 Å². The van der Waals surface area contributed by atoms with Crippen LogP contribution in [0.2, 0.25) is 0 Å². The van der Waals surface area contributed by atoms with E-state index in [1.165, 1.54) is 19.2 Å². The highest BCUT2D eigenvalue weighted by Gasteiger charge is 2.33. The van der Waals surface area contributed by atoms with Crippen molar-refractivity contribution in [3.05, 3.63) is 29.3 Å². The van der Waals surface area contributed by atoms with E-state index in [0.717, 1.165) is 6.07 Å². The van der Waals surface area contributed by atoms with E-state index in [1.807, 2.05) is 0 Å². The van der Waals surface area contributed by atoms with E-state index in [9.17, 15) is 13.2 Å². The Morgan fingerprint density at radius 1 is 1.36 bits per heavy atom. The van der Waals surface area contributed by atoms with Gasteiger partial charge in [-0.25, -0.2) is 0 Å². The first-order valence-electron chi connectivity index (χ1n) is 3.94. The summed E-state index contributed by atoms with van der Waals surface area (Å²) in [5.41, 5.74) is 4.50. The molecule has 2 N–H and O–H groups in total. The zero-order valence-electron chi connectivity index (χ0n) is 7.56. The maximum Gasteiger partial charge on any atom is 0.416 e. The second-order valence-electron chi connectivity index (χ2n) is 2.69. The monoisotopic (exact) mass is 205 g/mol. The summed E-state index contributed by atoms with van der Waals surface area (Å²) in [6.07, 6.45) is -4.39. The number of halogens is 3. The average molecular weight is 205 g/mol. The fourth-order valence-electron chi connectivity index (χ4n) is 1.23. The highest BCUT2D eigenvalue weighted by Crippen LogP contribution is 2.35. The molecule has 0 fully saturated rings. The molecule has 0 saturated heterocycles. The summed E-state index contributed by atoms with van der Waals surface area (Å²) in [6.45, 7) is -0.196. The van der Waals surface area contributed by atoms with Gasteiger partial charge in [0.25, 0.3) is 0 Å². The number of ether oxygens (including phenoxy) is 1. The van der Waals surface area contributed by atoms with Crippen LogP contribution in [0, 0.1) is 0 Å². The highest BCUT2D eigenvalue weighted by molar-refractivity contribution is 5.41. The molecule has 5 heteroatoms. The Morgan fingerprint density at radius 2 is 2.00 bits per heavy atom. The molecule has 0 saturated carbocycles. The van der Waals surface area contributed by atoms with Crippen LogP contribution in [-0.4, -0.2) is 7.11 Å². The Hall–Kier alpha value is -1.23. The number of nitrogens with two attached hydrogens (primary N) is 1. The van der Waals surface area contributed by atoms with Crippen molar-refractivity contribution < 1.29 is 17.9 Å². The summed E-state index contributed by atoms with van der Waals surface area (Å²) < 4.78 is 42.1. The van der Waals surface area contributed by atoms with E-state index in [1.54, 1.807) is 0 Å². The molecule has 0 atom stereocenters. The second-order valence-corrected chi connectivity index (χ2v) is 2.69. The molecule has 2 nitrogen and oxygen atoms in total. The lowest BCUT2D eigenvalue weighted by Crippen LogP contribution is -2.12. The third-order valence-corrected chi connectivity index (χ3v) is 1.86. The van der Waals surface area contributed by atoms with Crippen molar-refractivity contribution in [2.24, 2.45) is 5.73 Å². The SMILES string of the molecule is COc1cccc(C(F)(F)F)c1CN. The summed E-state index contributed by atoms with van der Waals surface area (Å²) in [6, 6.07) is 3.74. The number of methoxy groups -OCH3 is 1. The third-order valence-electron chi connectivity index (χ3n) is 1.86. The van der Waals surface area contributed by atoms with Gasteiger partial charge in [-0.3, -0.25) is 0 Å². The van der Waals surface area contributed by atoms with Crippen molar-refractivity contribution in [2.75, 3.05) is 7.11 Å². The van der Waals surface area contributed by atoms with E-state index in [0.29, 0.717) is 0 Å². The van der Waals surface area contributed by atoms with Gasteiger partial charge in [0.05, 0.1) is 12.7 Å². The zero-order chi connectivity index (χ0) is 10.8. The Kier molecular flexibility index (Phi) is 3.00. The first-order valence-corrected chi connectivity index (χ1v) is 3.94.